The third-order valence-corrected chi connectivity index (χ3v) is 3.38. The van der Waals surface area contributed by atoms with Gasteiger partial charge in [-0.2, -0.15) is 0 Å². The third kappa shape index (κ3) is 3.30. The van der Waals surface area contributed by atoms with Gasteiger partial charge in [-0.3, -0.25) is 4.79 Å². The van der Waals surface area contributed by atoms with Crippen LogP contribution >= 0.6 is 22.9 Å². The number of fused-ring (bicyclic) bond motifs is 1. The van der Waals surface area contributed by atoms with Gasteiger partial charge in [0.25, 0.3) is 0 Å². The average Bonchev–Trinajstić information content (AvgIpc) is 2.77. The molecule has 0 radical (unpaired) electrons. The highest BCUT2D eigenvalue weighted by atomic mass is 35.5. The number of amides is 1. The fraction of sp³-hybridized carbons (Fsp3) is 0.364. The molecule has 0 spiro atoms. The van der Waals surface area contributed by atoms with Gasteiger partial charge in [-0.25, -0.2) is 9.97 Å². The van der Waals surface area contributed by atoms with Crippen molar-refractivity contribution in [2.45, 2.75) is 13.3 Å². The molecule has 0 fully saturated rings. The van der Waals surface area contributed by atoms with E-state index in [-0.39, 0.29) is 5.91 Å². The van der Waals surface area contributed by atoms with E-state index in [4.69, 9.17) is 11.6 Å². The first-order valence-corrected chi connectivity index (χ1v) is 6.81. The van der Waals surface area contributed by atoms with Crippen LogP contribution in [-0.4, -0.2) is 29.0 Å². The molecule has 0 atom stereocenters. The second-order valence-corrected chi connectivity index (χ2v) is 4.99. The number of carbonyl (C=O) groups excluding carboxylic acids is 1. The van der Waals surface area contributed by atoms with Crippen LogP contribution in [0.2, 0.25) is 5.15 Å². The summed E-state index contributed by atoms with van der Waals surface area (Å²) in [7, 11) is 0. The number of thiophene rings is 1. The molecule has 2 aromatic heterocycles. The minimum absolute atomic E-state index is 0.0192. The highest BCUT2D eigenvalue weighted by Crippen LogP contribution is 2.25. The normalized spacial score (nSPS) is 10.6. The van der Waals surface area contributed by atoms with Crippen LogP contribution in [0.15, 0.2) is 11.4 Å². The summed E-state index contributed by atoms with van der Waals surface area (Å²) in [4.78, 5) is 20.1. The Hall–Kier alpha value is -1.40. The number of hydrogen-bond donors (Lipinski definition) is 2. The van der Waals surface area contributed by atoms with Crippen LogP contribution in [0.1, 0.15) is 13.3 Å². The standard InChI is InChI=1S/C11H13ClN4OS/c1-7(17)13-4-2-5-14-11-15-9(12)8-3-6-18-10(8)16-11/h3,6H,2,4-5H2,1H3,(H,13,17)(H,14,15,16). The quantitative estimate of drug-likeness (QED) is 0.653. The van der Waals surface area contributed by atoms with E-state index in [1.807, 2.05) is 11.4 Å². The molecule has 0 aliphatic carbocycles. The van der Waals surface area contributed by atoms with Crippen molar-refractivity contribution in [1.29, 1.82) is 0 Å². The topological polar surface area (TPSA) is 66.9 Å². The van der Waals surface area contributed by atoms with Gasteiger partial charge in [-0.1, -0.05) is 11.6 Å². The van der Waals surface area contributed by atoms with E-state index in [0.29, 0.717) is 24.2 Å². The Bertz CT molecular complexity index is 557. The van der Waals surface area contributed by atoms with E-state index in [2.05, 4.69) is 20.6 Å². The maximum Gasteiger partial charge on any atom is 0.225 e. The molecular weight excluding hydrogens is 272 g/mol. The Balaban J connectivity index is 1.89. The molecule has 0 aliphatic rings. The predicted octanol–water partition coefficient (Wildman–Crippen LogP) is 2.28. The zero-order valence-corrected chi connectivity index (χ0v) is 11.4. The minimum atomic E-state index is -0.0192. The lowest BCUT2D eigenvalue weighted by atomic mass is 10.4. The van der Waals surface area contributed by atoms with Crippen molar-refractivity contribution in [1.82, 2.24) is 15.3 Å². The zero-order chi connectivity index (χ0) is 13.0. The molecule has 18 heavy (non-hydrogen) atoms. The fourth-order valence-electron chi connectivity index (χ4n) is 1.45. The van der Waals surface area contributed by atoms with Crippen LogP contribution in [0, 0.1) is 0 Å². The molecular formula is C11H13ClN4OS. The van der Waals surface area contributed by atoms with Gasteiger partial charge < -0.3 is 10.6 Å². The van der Waals surface area contributed by atoms with E-state index in [0.717, 1.165) is 16.6 Å². The van der Waals surface area contributed by atoms with Gasteiger partial charge in [0.15, 0.2) is 0 Å². The molecule has 7 heteroatoms. The molecule has 0 saturated heterocycles. The number of anilines is 1. The van der Waals surface area contributed by atoms with Gasteiger partial charge in [-0.05, 0) is 17.9 Å². The molecule has 2 rings (SSSR count). The van der Waals surface area contributed by atoms with Gasteiger partial charge in [0.1, 0.15) is 9.98 Å². The summed E-state index contributed by atoms with van der Waals surface area (Å²) in [6, 6.07) is 1.91. The van der Waals surface area contributed by atoms with Crippen molar-refractivity contribution in [3.05, 3.63) is 16.6 Å². The van der Waals surface area contributed by atoms with Crippen molar-refractivity contribution in [3.63, 3.8) is 0 Å². The van der Waals surface area contributed by atoms with E-state index >= 15 is 0 Å². The largest absolute Gasteiger partial charge is 0.356 e. The van der Waals surface area contributed by atoms with Crippen LogP contribution < -0.4 is 10.6 Å². The summed E-state index contributed by atoms with van der Waals surface area (Å²) in [6.07, 6.45) is 0.809. The average molecular weight is 285 g/mol. The first-order chi connectivity index (χ1) is 8.66. The van der Waals surface area contributed by atoms with Crippen molar-refractivity contribution in [3.8, 4) is 0 Å². The molecule has 2 aromatic rings. The smallest absolute Gasteiger partial charge is 0.225 e. The summed E-state index contributed by atoms with van der Waals surface area (Å²) in [6.45, 7) is 2.83. The van der Waals surface area contributed by atoms with E-state index in [1.165, 1.54) is 18.3 Å². The summed E-state index contributed by atoms with van der Waals surface area (Å²) in [5.41, 5.74) is 0. The van der Waals surface area contributed by atoms with Gasteiger partial charge in [0.05, 0.1) is 0 Å². The lowest BCUT2D eigenvalue weighted by Gasteiger charge is -2.05. The van der Waals surface area contributed by atoms with Crippen molar-refractivity contribution < 1.29 is 4.79 Å². The summed E-state index contributed by atoms with van der Waals surface area (Å²) < 4.78 is 0. The van der Waals surface area contributed by atoms with Gasteiger partial charge >= 0.3 is 0 Å². The number of hydrogen-bond acceptors (Lipinski definition) is 5. The second-order valence-electron chi connectivity index (χ2n) is 3.74. The van der Waals surface area contributed by atoms with E-state index in [9.17, 15) is 4.79 Å². The van der Waals surface area contributed by atoms with Crippen molar-refractivity contribution >= 4 is 45.0 Å². The molecule has 1 amide bonds. The molecule has 96 valence electrons. The molecule has 2 heterocycles. The van der Waals surface area contributed by atoms with Crippen LogP contribution in [0.5, 0.6) is 0 Å². The summed E-state index contributed by atoms with van der Waals surface area (Å²) >= 11 is 7.57. The highest BCUT2D eigenvalue weighted by molar-refractivity contribution is 7.16. The van der Waals surface area contributed by atoms with Gasteiger partial charge in [-0.15, -0.1) is 11.3 Å². The Morgan fingerprint density at radius 2 is 2.28 bits per heavy atom. The molecule has 0 aromatic carbocycles. The molecule has 5 nitrogen and oxygen atoms in total. The van der Waals surface area contributed by atoms with Crippen LogP contribution in [0.25, 0.3) is 10.2 Å². The van der Waals surface area contributed by atoms with Crippen LogP contribution in [-0.2, 0) is 4.79 Å². The molecule has 0 bridgehead atoms. The SMILES string of the molecule is CC(=O)NCCCNc1nc(Cl)c2ccsc2n1. The molecule has 0 saturated carbocycles. The zero-order valence-electron chi connectivity index (χ0n) is 9.86. The number of rotatable bonds is 5. The lowest BCUT2D eigenvalue weighted by Crippen LogP contribution is -2.22. The number of nitrogens with one attached hydrogen (secondary N) is 2. The molecule has 0 unspecified atom stereocenters. The summed E-state index contributed by atoms with van der Waals surface area (Å²) in [5, 5.41) is 9.09. The second kappa shape index (κ2) is 5.97. The first kappa shape index (κ1) is 13.0. The number of carbonyl (C=O) groups is 1. The van der Waals surface area contributed by atoms with Crippen molar-refractivity contribution in [2.75, 3.05) is 18.4 Å². The Labute approximate surface area is 114 Å². The van der Waals surface area contributed by atoms with Crippen LogP contribution in [0.4, 0.5) is 5.95 Å². The van der Waals surface area contributed by atoms with Gasteiger partial charge in [0, 0.05) is 25.4 Å². The van der Waals surface area contributed by atoms with Crippen LogP contribution in [0.3, 0.4) is 0 Å². The van der Waals surface area contributed by atoms with E-state index in [1.54, 1.807) is 0 Å². The van der Waals surface area contributed by atoms with E-state index < -0.39 is 0 Å². The monoisotopic (exact) mass is 284 g/mol. The lowest BCUT2D eigenvalue weighted by molar-refractivity contribution is -0.118. The predicted molar refractivity (Wildman–Crippen MR) is 74.2 cm³/mol. The molecule has 2 N–H and O–H groups in total. The summed E-state index contributed by atoms with van der Waals surface area (Å²) in [5.74, 6) is 0.507. The number of halogens is 1. The van der Waals surface area contributed by atoms with Crippen molar-refractivity contribution in [2.24, 2.45) is 0 Å². The number of nitrogens with zero attached hydrogens (tertiary/aromatic N) is 2. The van der Waals surface area contributed by atoms with Gasteiger partial charge in [0.2, 0.25) is 11.9 Å². The minimum Gasteiger partial charge on any atom is -0.356 e. The Morgan fingerprint density at radius 3 is 3.06 bits per heavy atom. The maximum atomic E-state index is 10.7. The Morgan fingerprint density at radius 1 is 1.44 bits per heavy atom. The first-order valence-electron chi connectivity index (χ1n) is 5.56. The number of aromatic nitrogens is 2. The Kier molecular flexibility index (Phi) is 4.33. The third-order valence-electron chi connectivity index (χ3n) is 2.29. The highest BCUT2D eigenvalue weighted by Gasteiger charge is 2.06. The maximum absolute atomic E-state index is 10.7. The fourth-order valence-corrected chi connectivity index (χ4v) is 2.50. The molecule has 0 aliphatic heterocycles.